The zero-order valence-electron chi connectivity index (χ0n) is 19.0. The Bertz CT molecular complexity index is 1330. The third-order valence-electron chi connectivity index (χ3n) is 6.17. The number of carbonyl (C=O) groups is 2. The van der Waals surface area contributed by atoms with Crippen LogP contribution < -0.4 is 20.4 Å². The maximum absolute atomic E-state index is 13.5. The van der Waals surface area contributed by atoms with Crippen molar-refractivity contribution in [1.82, 2.24) is 30.5 Å². The number of halogens is 3. The van der Waals surface area contributed by atoms with E-state index in [1.54, 1.807) is 17.4 Å². The van der Waals surface area contributed by atoms with Crippen LogP contribution in [-0.2, 0) is 0 Å². The molecule has 3 aromatic heterocycles. The van der Waals surface area contributed by atoms with E-state index >= 15 is 0 Å². The molecule has 2 unspecified atom stereocenters. The summed E-state index contributed by atoms with van der Waals surface area (Å²) >= 11 is 0. The number of hydrogen-bond donors (Lipinski definition) is 4. The summed E-state index contributed by atoms with van der Waals surface area (Å²) in [5, 5.41) is 21.0. The Morgan fingerprint density at radius 3 is 2.86 bits per heavy atom. The summed E-state index contributed by atoms with van der Waals surface area (Å²) in [6, 6.07) is 0.221. The molecule has 0 spiro atoms. The van der Waals surface area contributed by atoms with Crippen LogP contribution >= 0.6 is 0 Å². The van der Waals surface area contributed by atoms with E-state index in [-0.39, 0.29) is 17.7 Å². The quantitative estimate of drug-likeness (QED) is 0.418. The van der Waals surface area contributed by atoms with Crippen LogP contribution in [0.1, 0.15) is 29.2 Å². The molecule has 2 aliphatic rings. The van der Waals surface area contributed by atoms with Crippen LogP contribution in [0.3, 0.4) is 0 Å². The highest BCUT2D eigenvalue weighted by Crippen LogP contribution is 2.38. The number of nitrogens with one attached hydrogen (secondary N) is 3. The average molecular weight is 505 g/mol. The van der Waals surface area contributed by atoms with E-state index in [1.807, 2.05) is 11.8 Å². The monoisotopic (exact) mass is 505 g/mol. The lowest BCUT2D eigenvalue weighted by Gasteiger charge is -2.45. The molecule has 190 valence electrons. The van der Waals surface area contributed by atoms with E-state index in [0.29, 0.717) is 36.2 Å². The number of anilines is 3. The number of piperidine rings is 1. The number of aryl methyl sites for hydroxylation is 1. The first-order valence-corrected chi connectivity index (χ1v) is 11.2. The number of carbonyl (C=O) groups excluding carboxylic acids is 2. The summed E-state index contributed by atoms with van der Waals surface area (Å²) in [5.41, 5.74) is 1.75. The van der Waals surface area contributed by atoms with Gasteiger partial charge in [0.1, 0.15) is 6.04 Å². The Balaban J connectivity index is 1.47. The van der Waals surface area contributed by atoms with Crippen LogP contribution in [-0.4, -0.2) is 80.2 Å². The SMILES string of the molecule is Cc1ccc2c(NC(=O)N3c4nc(C(=O)NC(CO)C(F)(F)F)ncc4N4CCCC3C4)n[nH]c2n1. The number of fused-ring (bicyclic) bond motifs is 5. The van der Waals surface area contributed by atoms with Crippen molar-refractivity contribution in [3.8, 4) is 0 Å². The van der Waals surface area contributed by atoms with E-state index in [2.05, 4.69) is 30.5 Å². The number of rotatable bonds is 4. The summed E-state index contributed by atoms with van der Waals surface area (Å²) in [4.78, 5) is 41.8. The van der Waals surface area contributed by atoms with Crippen molar-refractivity contribution in [2.75, 3.05) is 34.8 Å². The van der Waals surface area contributed by atoms with Gasteiger partial charge in [-0.25, -0.2) is 19.7 Å². The van der Waals surface area contributed by atoms with Crippen molar-refractivity contribution in [2.45, 2.75) is 38.0 Å². The molecule has 1 saturated heterocycles. The largest absolute Gasteiger partial charge is 0.410 e. The molecule has 3 aromatic rings. The zero-order valence-corrected chi connectivity index (χ0v) is 19.0. The topological polar surface area (TPSA) is 152 Å². The van der Waals surface area contributed by atoms with Crippen LogP contribution in [0, 0.1) is 6.92 Å². The van der Waals surface area contributed by atoms with Gasteiger partial charge in [-0.15, -0.1) is 0 Å². The second-order valence-electron chi connectivity index (χ2n) is 8.62. The van der Waals surface area contributed by atoms with Crippen LogP contribution in [0.4, 0.5) is 35.3 Å². The van der Waals surface area contributed by atoms with E-state index < -0.39 is 36.6 Å². The van der Waals surface area contributed by atoms with Gasteiger partial charge in [0.25, 0.3) is 5.91 Å². The average Bonchev–Trinajstić information content (AvgIpc) is 3.23. The van der Waals surface area contributed by atoms with Crippen molar-refractivity contribution in [3.63, 3.8) is 0 Å². The number of hydrogen-bond acceptors (Lipinski definition) is 8. The fourth-order valence-corrected chi connectivity index (χ4v) is 4.41. The maximum Gasteiger partial charge on any atom is 0.410 e. The molecule has 4 N–H and O–H groups in total. The fraction of sp³-hybridized carbons (Fsp3) is 0.429. The highest BCUT2D eigenvalue weighted by Gasteiger charge is 2.42. The first-order valence-electron chi connectivity index (χ1n) is 11.2. The van der Waals surface area contributed by atoms with Gasteiger partial charge < -0.3 is 15.3 Å². The molecule has 3 amide bonds. The van der Waals surface area contributed by atoms with Crippen LogP contribution in [0.25, 0.3) is 11.0 Å². The number of urea groups is 1. The van der Waals surface area contributed by atoms with Crippen molar-refractivity contribution in [3.05, 3.63) is 29.8 Å². The fourth-order valence-electron chi connectivity index (χ4n) is 4.41. The predicted octanol–water partition coefficient (Wildman–Crippen LogP) is 1.73. The van der Waals surface area contributed by atoms with Gasteiger partial charge in [-0.1, -0.05) is 0 Å². The molecule has 0 saturated carbocycles. The molecule has 0 aromatic carbocycles. The van der Waals surface area contributed by atoms with Gasteiger partial charge >= 0.3 is 12.2 Å². The van der Waals surface area contributed by atoms with Crippen LogP contribution in [0.5, 0.6) is 0 Å². The van der Waals surface area contributed by atoms with Gasteiger partial charge in [-0.3, -0.25) is 20.1 Å². The minimum Gasteiger partial charge on any atom is -0.394 e. The summed E-state index contributed by atoms with van der Waals surface area (Å²) < 4.78 is 39.0. The molecular weight excluding hydrogens is 483 g/mol. The third-order valence-corrected chi connectivity index (χ3v) is 6.17. The third kappa shape index (κ3) is 4.25. The van der Waals surface area contributed by atoms with Gasteiger partial charge in [-0.05, 0) is 31.9 Å². The summed E-state index contributed by atoms with van der Waals surface area (Å²) in [7, 11) is 0. The molecule has 2 atom stereocenters. The number of aromatic nitrogens is 5. The van der Waals surface area contributed by atoms with Crippen LogP contribution in [0.15, 0.2) is 18.3 Å². The molecule has 2 aliphatic heterocycles. The van der Waals surface area contributed by atoms with E-state index in [1.165, 1.54) is 11.1 Å². The van der Waals surface area contributed by atoms with Gasteiger partial charge in [0.05, 0.1) is 29.9 Å². The standard InChI is InChI=1S/C21H22F3N9O3/c1-10-4-5-12-15(26-10)30-31-16(12)29-20(36)33-11-3-2-6-32(8-11)13-7-25-17(28-18(13)33)19(35)27-14(9-34)21(22,23)24/h4-5,7,11,14,34H,2-3,6,8-9H2,1H3,(H,27,35)(H2,26,29,30,31,36). The lowest BCUT2D eigenvalue weighted by Crippen LogP contribution is -2.56. The van der Waals surface area contributed by atoms with Crippen molar-refractivity contribution >= 4 is 40.3 Å². The van der Waals surface area contributed by atoms with Gasteiger partial charge in [0.15, 0.2) is 17.3 Å². The van der Waals surface area contributed by atoms with E-state index in [4.69, 9.17) is 5.11 Å². The van der Waals surface area contributed by atoms with E-state index in [9.17, 15) is 22.8 Å². The van der Waals surface area contributed by atoms with Gasteiger partial charge in [0, 0.05) is 18.8 Å². The molecule has 1 fully saturated rings. The number of aliphatic hydroxyl groups is 1. The van der Waals surface area contributed by atoms with Crippen molar-refractivity contribution < 1.29 is 27.9 Å². The highest BCUT2D eigenvalue weighted by atomic mass is 19.4. The lowest BCUT2D eigenvalue weighted by atomic mass is 10.0. The molecule has 12 nitrogen and oxygen atoms in total. The minimum absolute atomic E-state index is 0.102. The summed E-state index contributed by atoms with van der Waals surface area (Å²) in [5.74, 6) is -1.42. The Morgan fingerprint density at radius 1 is 1.31 bits per heavy atom. The Hall–Kier alpha value is -4.01. The zero-order chi connectivity index (χ0) is 25.6. The molecular formula is C21H22F3N9O3. The second kappa shape index (κ2) is 8.89. The van der Waals surface area contributed by atoms with Crippen LogP contribution in [0.2, 0.25) is 0 Å². The Morgan fingerprint density at radius 2 is 2.11 bits per heavy atom. The minimum atomic E-state index is -4.85. The summed E-state index contributed by atoms with van der Waals surface area (Å²) in [6.45, 7) is 1.68. The lowest BCUT2D eigenvalue weighted by molar-refractivity contribution is -0.161. The maximum atomic E-state index is 13.5. The molecule has 2 bridgehead atoms. The number of pyridine rings is 1. The Kier molecular flexibility index (Phi) is 5.86. The number of alkyl halides is 3. The molecule has 5 rings (SSSR count). The molecule has 15 heteroatoms. The van der Waals surface area contributed by atoms with Gasteiger partial charge in [0.2, 0.25) is 5.82 Å². The first kappa shape index (κ1) is 23.7. The van der Waals surface area contributed by atoms with E-state index in [0.717, 1.165) is 12.1 Å². The molecule has 36 heavy (non-hydrogen) atoms. The number of aromatic amines is 1. The predicted molar refractivity (Wildman–Crippen MR) is 122 cm³/mol. The normalized spacial score (nSPS) is 18.1. The first-order chi connectivity index (χ1) is 17.2. The number of aliphatic hydroxyl groups excluding tert-OH is 1. The number of amides is 3. The highest BCUT2D eigenvalue weighted by molar-refractivity contribution is 6.07. The van der Waals surface area contributed by atoms with Crippen molar-refractivity contribution in [2.24, 2.45) is 0 Å². The van der Waals surface area contributed by atoms with Gasteiger partial charge in [-0.2, -0.15) is 18.3 Å². The molecule has 5 heterocycles. The number of nitrogens with zero attached hydrogens (tertiary/aromatic N) is 6. The molecule has 0 radical (unpaired) electrons. The second-order valence-corrected chi connectivity index (χ2v) is 8.62. The smallest absolute Gasteiger partial charge is 0.394 e. The Labute approximate surface area is 201 Å². The van der Waals surface area contributed by atoms with Crippen molar-refractivity contribution in [1.29, 1.82) is 0 Å². The summed E-state index contributed by atoms with van der Waals surface area (Å²) in [6.07, 6.45) is -2.07. The number of H-pyrrole nitrogens is 1. The molecule has 0 aliphatic carbocycles.